The molecule has 1 aromatic carbocycles. The maximum atomic E-state index is 12.7. The summed E-state index contributed by atoms with van der Waals surface area (Å²) in [5, 5.41) is 0. The molecule has 0 N–H and O–H groups in total. The minimum atomic E-state index is 0.295. The van der Waals surface area contributed by atoms with Crippen molar-refractivity contribution in [3.8, 4) is 0 Å². The maximum absolute atomic E-state index is 12.7. The van der Waals surface area contributed by atoms with Crippen molar-refractivity contribution in [3.63, 3.8) is 0 Å². The van der Waals surface area contributed by atoms with Crippen LogP contribution in [0.25, 0.3) is 0 Å². The molecule has 1 aliphatic carbocycles. The molecule has 1 amide bonds. The third kappa shape index (κ3) is 4.75. The highest BCUT2D eigenvalue weighted by Crippen LogP contribution is 2.26. The summed E-state index contributed by atoms with van der Waals surface area (Å²) in [4.78, 5) is 19.4. The zero-order chi connectivity index (χ0) is 17.8. The summed E-state index contributed by atoms with van der Waals surface area (Å²) in [5.74, 6) is 1.12. The topological polar surface area (TPSA) is 26.8 Å². The van der Waals surface area contributed by atoms with E-state index in [4.69, 9.17) is 0 Å². The van der Waals surface area contributed by atoms with E-state index in [-0.39, 0.29) is 0 Å². The maximum Gasteiger partial charge on any atom is 0.236 e. The molecule has 0 atom stereocenters. The molecular formula is C21H33N3O. The van der Waals surface area contributed by atoms with Gasteiger partial charge in [0.15, 0.2) is 0 Å². The summed E-state index contributed by atoms with van der Waals surface area (Å²) in [6, 6.07) is 9.16. The molecule has 0 radical (unpaired) electrons. The van der Waals surface area contributed by atoms with E-state index in [9.17, 15) is 4.79 Å². The fourth-order valence-corrected chi connectivity index (χ4v) is 4.13. The number of likely N-dealkylation sites (N-methyl/N-ethyl adjacent to an activating group) is 1. The molecule has 0 unspecified atom stereocenters. The normalized spacial score (nSPS) is 25.0. The number of rotatable bonds is 4. The Labute approximate surface area is 152 Å². The number of nitrogens with zero attached hydrogens (tertiary/aromatic N) is 3. The number of piperazine rings is 1. The Morgan fingerprint density at radius 2 is 1.80 bits per heavy atom. The second-order valence-electron chi connectivity index (χ2n) is 8.02. The number of carbonyl (C=O) groups is 1. The number of carbonyl (C=O) groups excluding carboxylic acids is 1. The highest BCUT2D eigenvalue weighted by molar-refractivity contribution is 5.78. The van der Waals surface area contributed by atoms with Crippen LogP contribution in [0.3, 0.4) is 0 Å². The van der Waals surface area contributed by atoms with Crippen LogP contribution in [0.5, 0.6) is 0 Å². The fraction of sp³-hybridized carbons (Fsp3) is 0.667. The van der Waals surface area contributed by atoms with Crippen molar-refractivity contribution in [1.82, 2.24) is 9.80 Å². The van der Waals surface area contributed by atoms with Crippen LogP contribution >= 0.6 is 0 Å². The molecule has 1 saturated carbocycles. The highest BCUT2D eigenvalue weighted by atomic mass is 16.2. The van der Waals surface area contributed by atoms with Gasteiger partial charge in [-0.05, 0) is 56.2 Å². The Hall–Kier alpha value is -1.55. The average Bonchev–Trinajstić information content (AvgIpc) is 2.62. The van der Waals surface area contributed by atoms with Gasteiger partial charge in [0.1, 0.15) is 0 Å². The van der Waals surface area contributed by atoms with Crippen LogP contribution in [0.15, 0.2) is 24.3 Å². The lowest BCUT2D eigenvalue weighted by Gasteiger charge is -2.38. The first-order valence-electron chi connectivity index (χ1n) is 9.82. The van der Waals surface area contributed by atoms with Crippen molar-refractivity contribution in [3.05, 3.63) is 29.8 Å². The van der Waals surface area contributed by atoms with Gasteiger partial charge in [-0.3, -0.25) is 9.69 Å². The summed E-state index contributed by atoms with van der Waals surface area (Å²) in [7, 11) is 2.01. The molecule has 3 rings (SSSR count). The monoisotopic (exact) mass is 343 g/mol. The Morgan fingerprint density at radius 1 is 1.12 bits per heavy atom. The smallest absolute Gasteiger partial charge is 0.236 e. The van der Waals surface area contributed by atoms with Crippen molar-refractivity contribution in [2.75, 3.05) is 44.7 Å². The minimum Gasteiger partial charge on any atom is -0.369 e. The molecule has 0 spiro atoms. The van der Waals surface area contributed by atoms with Gasteiger partial charge in [0.05, 0.1) is 6.54 Å². The second kappa shape index (κ2) is 8.22. The first-order chi connectivity index (χ1) is 12.0. The standard InChI is InChI=1S/C21H33N3O/c1-17-7-9-19(10-8-17)22(3)21(25)16-23-11-13-24(14-12-23)20-6-4-5-18(2)15-20/h4-6,15,17,19H,7-14,16H2,1-3H3. The summed E-state index contributed by atoms with van der Waals surface area (Å²) in [5.41, 5.74) is 2.61. The summed E-state index contributed by atoms with van der Waals surface area (Å²) in [6.45, 7) is 8.98. The van der Waals surface area contributed by atoms with Gasteiger partial charge in [-0.15, -0.1) is 0 Å². The Balaban J connectivity index is 1.46. The van der Waals surface area contributed by atoms with Crippen LogP contribution in [0.1, 0.15) is 38.2 Å². The zero-order valence-electron chi connectivity index (χ0n) is 16.1. The first-order valence-corrected chi connectivity index (χ1v) is 9.82. The molecule has 1 saturated heterocycles. The van der Waals surface area contributed by atoms with Crippen molar-refractivity contribution < 1.29 is 4.79 Å². The lowest BCUT2D eigenvalue weighted by Crippen LogP contribution is -2.51. The summed E-state index contributed by atoms with van der Waals surface area (Å²) >= 11 is 0. The van der Waals surface area contributed by atoms with Gasteiger partial charge in [-0.25, -0.2) is 0 Å². The fourth-order valence-electron chi connectivity index (χ4n) is 4.13. The van der Waals surface area contributed by atoms with Crippen LogP contribution < -0.4 is 4.90 Å². The summed E-state index contributed by atoms with van der Waals surface area (Å²) in [6.07, 6.45) is 4.87. The van der Waals surface area contributed by atoms with E-state index in [2.05, 4.69) is 47.9 Å². The average molecular weight is 344 g/mol. The van der Waals surface area contributed by atoms with Gasteiger partial charge in [0.2, 0.25) is 5.91 Å². The summed E-state index contributed by atoms with van der Waals surface area (Å²) < 4.78 is 0. The van der Waals surface area contributed by atoms with Crippen LogP contribution in [-0.4, -0.2) is 61.5 Å². The number of hydrogen-bond donors (Lipinski definition) is 0. The van der Waals surface area contributed by atoms with Gasteiger partial charge in [0, 0.05) is 45.0 Å². The van der Waals surface area contributed by atoms with Crippen LogP contribution in [0, 0.1) is 12.8 Å². The van der Waals surface area contributed by atoms with Crippen LogP contribution in [-0.2, 0) is 4.79 Å². The molecule has 2 aliphatic rings. The van der Waals surface area contributed by atoms with E-state index >= 15 is 0 Å². The van der Waals surface area contributed by atoms with Crippen LogP contribution in [0.2, 0.25) is 0 Å². The molecule has 4 nitrogen and oxygen atoms in total. The van der Waals surface area contributed by atoms with Gasteiger partial charge in [0.25, 0.3) is 0 Å². The van der Waals surface area contributed by atoms with Crippen molar-refractivity contribution in [1.29, 1.82) is 0 Å². The van der Waals surface area contributed by atoms with E-state index in [1.807, 2.05) is 11.9 Å². The third-order valence-electron chi connectivity index (χ3n) is 6.02. The Morgan fingerprint density at radius 3 is 2.44 bits per heavy atom. The van der Waals surface area contributed by atoms with Gasteiger partial charge < -0.3 is 9.80 Å². The van der Waals surface area contributed by atoms with E-state index in [1.165, 1.54) is 36.9 Å². The molecule has 4 heteroatoms. The molecule has 2 fully saturated rings. The largest absolute Gasteiger partial charge is 0.369 e. The number of aryl methyl sites for hydroxylation is 1. The van der Waals surface area contributed by atoms with Crippen molar-refractivity contribution >= 4 is 11.6 Å². The molecule has 0 aromatic heterocycles. The third-order valence-corrected chi connectivity index (χ3v) is 6.02. The van der Waals surface area contributed by atoms with Crippen LogP contribution in [0.4, 0.5) is 5.69 Å². The SMILES string of the molecule is Cc1cccc(N2CCN(CC(=O)N(C)C3CCC(C)CC3)CC2)c1. The molecule has 1 heterocycles. The minimum absolute atomic E-state index is 0.295. The quantitative estimate of drug-likeness (QED) is 0.840. The predicted octanol–water partition coefficient (Wildman–Crippen LogP) is 3.15. The van der Waals surface area contributed by atoms with Crippen molar-refractivity contribution in [2.24, 2.45) is 5.92 Å². The van der Waals surface area contributed by atoms with E-state index < -0.39 is 0 Å². The second-order valence-corrected chi connectivity index (χ2v) is 8.02. The number of amides is 1. The lowest BCUT2D eigenvalue weighted by molar-refractivity contribution is -0.134. The van der Waals surface area contributed by atoms with E-state index in [0.29, 0.717) is 18.5 Å². The van der Waals surface area contributed by atoms with Gasteiger partial charge in [-0.1, -0.05) is 19.1 Å². The number of benzene rings is 1. The van der Waals surface area contributed by atoms with E-state index in [0.717, 1.165) is 32.1 Å². The first kappa shape index (κ1) is 18.2. The zero-order valence-corrected chi connectivity index (χ0v) is 16.1. The lowest BCUT2D eigenvalue weighted by atomic mass is 9.87. The van der Waals surface area contributed by atoms with Gasteiger partial charge in [-0.2, -0.15) is 0 Å². The molecule has 1 aliphatic heterocycles. The van der Waals surface area contributed by atoms with Gasteiger partial charge >= 0.3 is 0 Å². The Kier molecular flexibility index (Phi) is 6.00. The molecule has 1 aromatic rings. The van der Waals surface area contributed by atoms with Crippen molar-refractivity contribution in [2.45, 2.75) is 45.6 Å². The molecule has 0 bridgehead atoms. The Bertz CT molecular complexity index is 572. The predicted molar refractivity (Wildman–Crippen MR) is 104 cm³/mol. The van der Waals surface area contributed by atoms with E-state index in [1.54, 1.807) is 0 Å². The molecule has 25 heavy (non-hydrogen) atoms. The molecular weight excluding hydrogens is 310 g/mol. The number of hydrogen-bond acceptors (Lipinski definition) is 3. The highest BCUT2D eigenvalue weighted by Gasteiger charge is 2.26. The number of anilines is 1. The molecule has 138 valence electrons.